The molecule has 18 heavy (non-hydrogen) atoms. The highest BCUT2D eigenvalue weighted by molar-refractivity contribution is 4.86. The fourth-order valence-electron chi connectivity index (χ4n) is 3.27. The molecule has 3 heteroatoms. The van der Waals surface area contributed by atoms with Crippen LogP contribution in [0.5, 0.6) is 0 Å². The first-order chi connectivity index (χ1) is 8.52. The van der Waals surface area contributed by atoms with Crippen LogP contribution < -0.4 is 5.32 Å². The molecule has 1 fully saturated rings. The van der Waals surface area contributed by atoms with E-state index in [1.165, 1.54) is 19.3 Å². The van der Waals surface area contributed by atoms with Gasteiger partial charge >= 0.3 is 0 Å². The van der Waals surface area contributed by atoms with Gasteiger partial charge in [0.05, 0.1) is 6.10 Å². The van der Waals surface area contributed by atoms with Crippen molar-refractivity contribution in [3.63, 3.8) is 0 Å². The summed E-state index contributed by atoms with van der Waals surface area (Å²) < 4.78 is 5.68. The largest absolute Gasteiger partial charge is 0.377 e. The molecule has 0 radical (unpaired) electrons. The molecule has 1 N–H and O–H groups in total. The molecule has 108 valence electrons. The molecular weight excluding hydrogens is 224 g/mol. The van der Waals surface area contributed by atoms with Gasteiger partial charge in [0, 0.05) is 25.7 Å². The Kier molecular flexibility index (Phi) is 6.61. The van der Waals surface area contributed by atoms with Crippen LogP contribution >= 0.6 is 0 Å². The standard InChI is InChI=1S/C15H32N2O/c1-6-9-15(4,11-16-7-2)12-17(5)14-8-10-18-13(14)3/h13-14,16H,6-12H2,1-5H3. The van der Waals surface area contributed by atoms with Crippen molar-refractivity contribution in [2.24, 2.45) is 5.41 Å². The summed E-state index contributed by atoms with van der Waals surface area (Å²) in [5.41, 5.74) is 0.377. The van der Waals surface area contributed by atoms with Crippen LogP contribution in [0.3, 0.4) is 0 Å². The molecule has 1 heterocycles. The molecule has 0 aromatic rings. The van der Waals surface area contributed by atoms with Crippen LogP contribution in [0.25, 0.3) is 0 Å². The summed E-state index contributed by atoms with van der Waals surface area (Å²) in [7, 11) is 2.26. The van der Waals surface area contributed by atoms with E-state index in [1.54, 1.807) is 0 Å². The highest BCUT2D eigenvalue weighted by atomic mass is 16.5. The van der Waals surface area contributed by atoms with E-state index in [1.807, 2.05) is 0 Å². The van der Waals surface area contributed by atoms with Gasteiger partial charge in [-0.25, -0.2) is 0 Å². The lowest BCUT2D eigenvalue weighted by Crippen LogP contribution is -2.46. The predicted molar refractivity (Wildman–Crippen MR) is 78.0 cm³/mol. The van der Waals surface area contributed by atoms with E-state index in [-0.39, 0.29) is 0 Å². The second-order valence-electron chi connectivity index (χ2n) is 6.19. The number of ether oxygens (including phenoxy) is 1. The lowest BCUT2D eigenvalue weighted by atomic mass is 9.84. The summed E-state index contributed by atoms with van der Waals surface area (Å²) in [4.78, 5) is 2.52. The molecular formula is C15H32N2O. The SMILES string of the molecule is CCCC(C)(CNCC)CN(C)C1CCOC1C. The molecule has 0 spiro atoms. The molecule has 1 rings (SSSR count). The molecule has 3 atom stereocenters. The third kappa shape index (κ3) is 4.52. The Hall–Kier alpha value is -0.120. The van der Waals surface area contributed by atoms with Crippen LogP contribution in [0.2, 0.25) is 0 Å². The van der Waals surface area contributed by atoms with Crippen molar-refractivity contribution in [3.8, 4) is 0 Å². The quantitative estimate of drug-likeness (QED) is 0.722. The topological polar surface area (TPSA) is 24.5 Å². The van der Waals surface area contributed by atoms with Crippen molar-refractivity contribution < 1.29 is 4.74 Å². The maximum absolute atomic E-state index is 5.68. The minimum Gasteiger partial charge on any atom is -0.377 e. The van der Waals surface area contributed by atoms with Crippen molar-refractivity contribution in [3.05, 3.63) is 0 Å². The molecule has 0 aromatic carbocycles. The van der Waals surface area contributed by atoms with Gasteiger partial charge in [-0.05, 0) is 38.8 Å². The van der Waals surface area contributed by atoms with E-state index < -0.39 is 0 Å². The molecule has 0 aliphatic carbocycles. The lowest BCUT2D eigenvalue weighted by molar-refractivity contribution is 0.0642. The monoisotopic (exact) mass is 256 g/mol. The Balaban J connectivity index is 2.53. The second kappa shape index (κ2) is 7.46. The fraction of sp³-hybridized carbons (Fsp3) is 1.00. The number of hydrogen-bond donors (Lipinski definition) is 1. The van der Waals surface area contributed by atoms with Gasteiger partial charge < -0.3 is 15.0 Å². The fourth-order valence-corrected chi connectivity index (χ4v) is 3.27. The number of hydrogen-bond acceptors (Lipinski definition) is 3. The number of rotatable bonds is 8. The number of likely N-dealkylation sites (N-methyl/N-ethyl adjacent to an activating group) is 1. The second-order valence-corrected chi connectivity index (χ2v) is 6.19. The third-order valence-corrected chi connectivity index (χ3v) is 4.19. The molecule has 1 aliphatic heterocycles. The first-order valence-corrected chi connectivity index (χ1v) is 7.55. The van der Waals surface area contributed by atoms with Gasteiger partial charge in [-0.3, -0.25) is 0 Å². The maximum atomic E-state index is 5.68. The summed E-state index contributed by atoms with van der Waals surface area (Å²) in [5, 5.41) is 3.52. The van der Waals surface area contributed by atoms with Crippen molar-refractivity contribution in [2.45, 2.75) is 59.1 Å². The van der Waals surface area contributed by atoms with E-state index in [0.29, 0.717) is 17.6 Å². The summed E-state index contributed by atoms with van der Waals surface area (Å²) >= 11 is 0. The molecule has 0 saturated carbocycles. The van der Waals surface area contributed by atoms with Crippen LogP contribution in [0, 0.1) is 5.41 Å². The van der Waals surface area contributed by atoms with Crippen LogP contribution in [-0.4, -0.2) is 50.3 Å². The molecule has 0 aromatic heterocycles. The third-order valence-electron chi connectivity index (χ3n) is 4.19. The summed E-state index contributed by atoms with van der Waals surface area (Å²) in [6, 6.07) is 0.600. The van der Waals surface area contributed by atoms with Gasteiger partial charge in [0.1, 0.15) is 0 Å². The molecule has 0 bridgehead atoms. The molecule has 3 unspecified atom stereocenters. The zero-order valence-electron chi connectivity index (χ0n) is 13.0. The smallest absolute Gasteiger partial charge is 0.0702 e. The average Bonchev–Trinajstić information content (AvgIpc) is 2.73. The minimum absolute atomic E-state index is 0.377. The number of nitrogens with zero attached hydrogens (tertiary/aromatic N) is 1. The first kappa shape index (κ1) is 15.9. The Bertz CT molecular complexity index is 235. The number of nitrogens with one attached hydrogen (secondary N) is 1. The molecule has 0 amide bonds. The Morgan fingerprint density at radius 3 is 2.61 bits per heavy atom. The highest BCUT2D eigenvalue weighted by Gasteiger charge is 2.32. The van der Waals surface area contributed by atoms with Gasteiger partial charge in [0.2, 0.25) is 0 Å². The van der Waals surface area contributed by atoms with Gasteiger partial charge in [0.15, 0.2) is 0 Å². The Morgan fingerprint density at radius 2 is 2.11 bits per heavy atom. The average molecular weight is 256 g/mol. The first-order valence-electron chi connectivity index (χ1n) is 7.55. The molecule has 1 aliphatic rings. The Morgan fingerprint density at radius 1 is 1.39 bits per heavy atom. The lowest BCUT2D eigenvalue weighted by Gasteiger charge is -2.37. The van der Waals surface area contributed by atoms with Gasteiger partial charge in [0.25, 0.3) is 0 Å². The maximum Gasteiger partial charge on any atom is 0.0702 e. The van der Waals surface area contributed by atoms with Gasteiger partial charge in [-0.1, -0.05) is 27.2 Å². The predicted octanol–water partition coefficient (Wildman–Crippen LogP) is 2.51. The van der Waals surface area contributed by atoms with Gasteiger partial charge in [-0.15, -0.1) is 0 Å². The summed E-state index contributed by atoms with van der Waals surface area (Å²) in [6.45, 7) is 13.3. The minimum atomic E-state index is 0.377. The van der Waals surface area contributed by atoms with Crippen molar-refractivity contribution in [1.29, 1.82) is 0 Å². The summed E-state index contributed by atoms with van der Waals surface area (Å²) in [6.07, 6.45) is 4.11. The van der Waals surface area contributed by atoms with Crippen LogP contribution in [0.15, 0.2) is 0 Å². The normalized spacial score (nSPS) is 27.7. The van der Waals surface area contributed by atoms with E-state index in [9.17, 15) is 0 Å². The molecule has 1 saturated heterocycles. The zero-order valence-corrected chi connectivity index (χ0v) is 13.0. The van der Waals surface area contributed by atoms with Crippen molar-refractivity contribution in [1.82, 2.24) is 10.2 Å². The van der Waals surface area contributed by atoms with Crippen LogP contribution in [0.1, 0.15) is 47.0 Å². The van der Waals surface area contributed by atoms with Crippen LogP contribution in [-0.2, 0) is 4.74 Å². The van der Waals surface area contributed by atoms with Crippen molar-refractivity contribution >= 4 is 0 Å². The zero-order chi connectivity index (χ0) is 13.6. The highest BCUT2D eigenvalue weighted by Crippen LogP contribution is 2.27. The van der Waals surface area contributed by atoms with Crippen molar-refractivity contribution in [2.75, 3.05) is 33.3 Å². The summed E-state index contributed by atoms with van der Waals surface area (Å²) in [5.74, 6) is 0. The van der Waals surface area contributed by atoms with E-state index in [4.69, 9.17) is 4.74 Å². The van der Waals surface area contributed by atoms with Crippen LogP contribution in [0.4, 0.5) is 0 Å². The van der Waals surface area contributed by atoms with E-state index >= 15 is 0 Å². The molecule has 3 nitrogen and oxygen atoms in total. The van der Waals surface area contributed by atoms with Gasteiger partial charge in [-0.2, -0.15) is 0 Å². The van der Waals surface area contributed by atoms with E-state index in [0.717, 1.165) is 26.2 Å². The Labute approximate surface area is 113 Å². The van der Waals surface area contributed by atoms with E-state index in [2.05, 4.69) is 45.0 Å².